The van der Waals surface area contributed by atoms with E-state index in [4.69, 9.17) is 0 Å². The minimum atomic E-state index is -0.806. The van der Waals surface area contributed by atoms with Crippen molar-refractivity contribution in [2.24, 2.45) is 0 Å². The van der Waals surface area contributed by atoms with Crippen LogP contribution >= 0.6 is 0 Å². The molecule has 4 heteroatoms. The van der Waals surface area contributed by atoms with E-state index >= 15 is 0 Å². The van der Waals surface area contributed by atoms with E-state index in [0.29, 0.717) is 6.54 Å². The highest BCUT2D eigenvalue weighted by atomic mass is 19.2. The van der Waals surface area contributed by atoms with Crippen molar-refractivity contribution in [2.75, 3.05) is 6.54 Å². The highest BCUT2D eigenvalue weighted by molar-refractivity contribution is 5.19. The zero-order valence-electron chi connectivity index (χ0n) is 10.3. The van der Waals surface area contributed by atoms with Crippen LogP contribution in [0.4, 0.5) is 8.78 Å². The Hall–Kier alpha value is -1.68. The van der Waals surface area contributed by atoms with E-state index < -0.39 is 11.6 Å². The van der Waals surface area contributed by atoms with Crippen LogP contribution in [0.2, 0.25) is 0 Å². The van der Waals surface area contributed by atoms with Gasteiger partial charge >= 0.3 is 0 Å². The van der Waals surface area contributed by atoms with Gasteiger partial charge in [0.25, 0.3) is 0 Å². The summed E-state index contributed by atoms with van der Waals surface area (Å²) < 4.78 is 27.8. The molecule has 18 heavy (non-hydrogen) atoms. The summed E-state index contributed by atoms with van der Waals surface area (Å²) in [6.07, 6.45) is 3.94. The maximum Gasteiger partial charge on any atom is 0.159 e. The second-order valence-electron chi connectivity index (χ2n) is 4.22. The summed E-state index contributed by atoms with van der Waals surface area (Å²) in [6.45, 7) is 4.34. The van der Waals surface area contributed by atoms with Gasteiger partial charge in [0.15, 0.2) is 11.6 Å². The van der Waals surface area contributed by atoms with Gasteiger partial charge in [-0.15, -0.1) is 0 Å². The van der Waals surface area contributed by atoms with Crippen LogP contribution in [-0.4, -0.2) is 11.1 Å². The molecule has 2 rings (SSSR count). The minimum absolute atomic E-state index is 0.545. The van der Waals surface area contributed by atoms with E-state index in [9.17, 15) is 8.78 Å². The third-order valence-corrected chi connectivity index (χ3v) is 2.74. The summed E-state index contributed by atoms with van der Waals surface area (Å²) in [5.74, 6) is -1.60. The lowest BCUT2D eigenvalue weighted by molar-refractivity contribution is 0.506. The zero-order valence-corrected chi connectivity index (χ0v) is 10.3. The predicted octanol–water partition coefficient (Wildman–Crippen LogP) is 2.92. The molecule has 2 aromatic rings. The van der Waals surface area contributed by atoms with Crippen molar-refractivity contribution in [1.82, 2.24) is 9.88 Å². The van der Waals surface area contributed by atoms with Gasteiger partial charge in [0, 0.05) is 25.5 Å². The second-order valence-corrected chi connectivity index (χ2v) is 4.22. The lowest BCUT2D eigenvalue weighted by atomic mass is 10.2. The van der Waals surface area contributed by atoms with E-state index in [-0.39, 0.29) is 0 Å². The molecule has 0 aliphatic rings. The van der Waals surface area contributed by atoms with E-state index in [1.165, 1.54) is 11.6 Å². The van der Waals surface area contributed by atoms with Crippen molar-refractivity contribution in [1.29, 1.82) is 0 Å². The molecule has 1 aromatic carbocycles. The van der Waals surface area contributed by atoms with E-state index in [1.54, 1.807) is 6.07 Å². The Morgan fingerprint density at radius 1 is 1.11 bits per heavy atom. The Kier molecular flexibility index (Phi) is 4.10. The van der Waals surface area contributed by atoms with Crippen LogP contribution in [0.1, 0.15) is 18.1 Å². The zero-order chi connectivity index (χ0) is 13.0. The Morgan fingerprint density at radius 2 is 1.94 bits per heavy atom. The molecule has 0 atom stereocenters. The fourth-order valence-electron chi connectivity index (χ4n) is 1.81. The number of nitrogens with zero attached hydrogens (tertiary/aromatic N) is 1. The molecule has 0 aliphatic heterocycles. The fraction of sp³-hybridized carbons (Fsp3) is 0.286. The van der Waals surface area contributed by atoms with Gasteiger partial charge in [0.2, 0.25) is 0 Å². The van der Waals surface area contributed by atoms with Gasteiger partial charge < -0.3 is 9.88 Å². The van der Waals surface area contributed by atoms with E-state index in [0.717, 1.165) is 24.7 Å². The number of benzene rings is 1. The predicted molar refractivity (Wildman–Crippen MR) is 67.3 cm³/mol. The molecule has 0 bridgehead atoms. The van der Waals surface area contributed by atoms with Gasteiger partial charge in [-0.3, -0.25) is 0 Å². The van der Waals surface area contributed by atoms with Crippen molar-refractivity contribution in [3.8, 4) is 0 Å². The van der Waals surface area contributed by atoms with Crippen LogP contribution < -0.4 is 5.32 Å². The molecule has 2 nitrogen and oxygen atoms in total. The summed E-state index contributed by atoms with van der Waals surface area (Å²) >= 11 is 0. The summed E-state index contributed by atoms with van der Waals surface area (Å²) in [5.41, 5.74) is 1.93. The van der Waals surface area contributed by atoms with Crippen molar-refractivity contribution in [3.05, 3.63) is 59.4 Å². The monoisotopic (exact) mass is 250 g/mol. The number of hydrogen-bond acceptors (Lipinski definition) is 1. The molecule has 1 N–H and O–H groups in total. The third-order valence-electron chi connectivity index (χ3n) is 2.74. The van der Waals surface area contributed by atoms with Crippen molar-refractivity contribution in [2.45, 2.75) is 20.0 Å². The average Bonchev–Trinajstić information content (AvgIpc) is 2.79. The number of aromatic nitrogens is 1. The topological polar surface area (TPSA) is 17.0 Å². The van der Waals surface area contributed by atoms with Crippen LogP contribution in [0.15, 0.2) is 36.7 Å². The summed E-state index contributed by atoms with van der Waals surface area (Å²) in [4.78, 5) is 0. The second kappa shape index (κ2) is 5.78. The van der Waals surface area contributed by atoms with Crippen LogP contribution in [0, 0.1) is 11.6 Å². The minimum Gasteiger partial charge on any atom is -0.350 e. The van der Waals surface area contributed by atoms with Crippen molar-refractivity contribution in [3.63, 3.8) is 0 Å². The highest BCUT2D eigenvalue weighted by Gasteiger charge is 2.03. The molecule has 0 fully saturated rings. The van der Waals surface area contributed by atoms with Crippen LogP contribution in [0.5, 0.6) is 0 Å². The molecule has 1 heterocycles. The maximum atomic E-state index is 13.1. The number of rotatable bonds is 5. The Morgan fingerprint density at radius 3 is 2.67 bits per heavy atom. The van der Waals surface area contributed by atoms with Gasteiger partial charge in [-0.2, -0.15) is 0 Å². The Labute approximate surface area is 105 Å². The number of nitrogens with one attached hydrogen (secondary N) is 1. The van der Waals surface area contributed by atoms with Crippen molar-refractivity contribution >= 4 is 0 Å². The van der Waals surface area contributed by atoms with Gasteiger partial charge in [-0.05, 0) is 35.9 Å². The molecule has 0 radical (unpaired) electrons. The Bertz CT molecular complexity index is 520. The molecule has 0 aliphatic carbocycles. The lowest BCUT2D eigenvalue weighted by Gasteiger charge is -2.04. The van der Waals surface area contributed by atoms with Gasteiger partial charge in [0.05, 0.1) is 0 Å². The largest absolute Gasteiger partial charge is 0.350 e. The smallest absolute Gasteiger partial charge is 0.159 e. The SMILES string of the molecule is CCNCc1ccn(Cc2ccc(F)c(F)c2)c1. The summed E-state index contributed by atoms with van der Waals surface area (Å²) in [6, 6.07) is 6.01. The Balaban J connectivity index is 2.04. The first-order valence-corrected chi connectivity index (χ1v) is 5.98. The number of hydrogen-bond donors (Lipinski definition) is 1. The standard InChI is InChI=1S/C14H16F2N2/c1-2-17-8-12-5-6-18(10-12)9-11-3-4-13(15)14(16)7-11/h3-7,10,17H,2,8-9H2,1H3. The molecule has 0 amide bonds. The first-order valence-electron chi connectivity index (χ1n) is 5.98. The van der Waals surface area contributed by atoms with Gasteiger partial charge in [-0.1, -0.05) is 13.0 Å². The normalized spacial score (nSPS) is 10.8. The summed E-state index contributed by atoms with van der Waals surface area (Å²) in [7, 11) is 0. The maximum absolute atomic E-state index is 13.1. The molecule has 96 valence electrons. The first-order chi connectivity index (χ1) is 8.69. The molecule has 1 aromatic heterocycles. The van der Waals surface area contributed by atoms with Crippen LogP contribution in [0.3, 0.4) is 0 Å². The van der Waals surface area contributed by atoms with Gasteiger partial charge in [0.1, 0.15) is 0 Å². The van der Waals surface area contributed by atoms with E-state index in [1.807, 2.05) is 23.0 Å². The van der Waals surface area contributed by atoms with Crippen LogP contribution in [-0.2, 0) is 13.1 Å². The van der Waals surface area contributed by atoms with Crippen LogP contribution in [0.25, 0.3) is 0 Å². The quantitative estimate of drug-likeness (QED) is 0.863. The average molecular weight is 250 g/mol. The molecular weight excluding hydrogens is 234 g/mol. The molecule has 0 unspecified atom stereocenters. The summed E-state index contributed by atoms with van der Waals surface area (Å²) in [5, 5.41) is 3.24. The molecule has 0 spiro atoms. The first kappa shape index (κ1) is 12.8. The molecule has 0 saturated heterocycles. The molecular formula is C14H16F2N2. The van der Waals surface area contributed by atoms with Gasteiger partial charge in [-0.25, -0.2) is 8.78 Å². The van der Waals surface area contributed by atoms with Crippen molar-refractivity contribution < 1.29 is 8.78 Å². The third kappa shape index (κ3) is 3.17. The van der Waals surface area contributed by atoms with E-state index in [2.05, 4.69) is 12.2 Å². The lowest BCUT2D eigenvalue weighted by Crippen LogP contribution is -2.11. The molecule has 0 saturated carbocycles. The highest BCUT2D eigenvalue weighted by Crippen LogP contribution is 2.11. The number of halogens is 2. The fourth-order valence-corrected chi connectivity index (χ4v) is 1.81.